The summed E-state index contributed by atoms with van der Waals surface area (Å²) in [5, 5.41) is 44.1. The van der Waals surface area contributed by atoms with Crippen LogP contribution in [0.5, 0.6) is 23.1 Å². The zero-order chi connectivity index (χ0) is 26.7. The third-order valence-corrected chi connectivity index (χ3v) is 6.08. The smallest absolute Gasteiger partial charge is 0.255 e. The molecule has 1 heterocycles. The highest BCUT2D eigenvalue weighted by Gasteiger charge is 2.18. The van der Waals surface area contributed by atoms with E-state index in [9.17, 15) is 30.0 Å². The van der Waals surface area contributed by atoms with E-state index in [2.05, 4.69) is 27.6 Å². The van der Waals surface area contributed by atoms with Gasteiger partial charge in [0.25, 0.3) is 11.5 Å². The van der Waals surface area contributed by atoms with E-state index < -0.39 is 23.1 Å². The van der Waals surface area contributed by atoms with Gasteiger partial charge in [0, 0.05) is 38.4 Å². The normalized spacial score (nSPS) is 13.7. The van der Waals surface area contributed by atoms with Gasteiger partial charge in [-0.25, -0.2) is 0 Å². The van der Waals surface area contributed by atoms with Crippen molar-refractivity contribution in [3.63, 3.8) is 0 Å². The SMILES string of the molecule is CCNc1cc(O)cc(C(=O)NCc2c(O)cc(=O)[nH]c2O)c1O.COCCN(C)C1CCCCC1. The number of phenolic OH excluding ortho intramolecular Hbond substituents is 2. The number of carbonyl (C=O) groups is 1. The maximum absolute atomic E-state index is 12.2. The Hall–Kier alpha value is -3.44. The summed E-state index contributed by atoms with van der Waals surface area (Å²) < 4.78 is 5.06. The number of phenols is 2. The maximum Gasteiger partial charge on any atom is 0.255 e. The van der Waals surface area contributed by atoms with Gasteiger partial charge in [0.2, 0.25) is 0 Å². The van der Waals surface area contributed by atoms with Crippen molar-refractivity contribution < 1.29 is 30.0 Å². The van der Waals surface area contributed by atoms with Gasteiger partial charge < -0.3 is 40.7 Å². The first-order valence-electron chi connectivity index (χ1n) is 12.1. The Morgan fingerprint density at radius 2 is 1.83 bits per heavy atom. The first kappa shape index (κ1) is 28.8. The number of methoxy groups -OCH3 is 1. The predicted molar refractivity (Wildman–Crippen MR) is 137 cm³/mol. The predicted octanol–water partition coefficient (Wildman–Crippen LogP) is 2.46. The van der Waals surface area contributed by atoms with E-state index in [-0.39, 0.29) is 34.9 Å². The van der Waals surface area contributed by atoms with Gasteiger partial charge in [0.15, 0.2) is 11.6 Å². The van der Waals surface area contributed by atoms with Crippen LogP contribution in [0.3, 0.4) is 0 Å². The molecule has 1 fully saturated rings. The number of aromatic amines is 1. The number of aromatic nitrogens is 1. The van der Waals surface area contributed by atoms with Crippen LogP contribution in [0.2, 0.25) is 0 Å². The molecule has 0 unspecified atom stereocenters. The number of H-pyrrole nitrogens is 1. The first-order valence-corrected chi connectivity index (χ1v) is 12.1. The Kier molecular flexibility index (Phi) is 11.4. The molecule has 1 aromatic carbocycles. The number of amides is 1. The molecule has 1 aromatic heterocycles. The minimum Gasteiger partial charge on any atom is -0.508 e. The fraction of sp³-hybridized carbons (Fsp3) is 0.520. The number of likely N-dealkylation sites (N-methyl/N-ethyl adjacent to an activating group) is 1. The summed E-state index contributed by atoms with van der Waals surface area (Å²) in [6.07, 6.45) is 7.05. The second-order valence-electron chi connectivity index (χ2n) is 8.71. The Bertz CT molecular complexity index is 1030. The minimum absolute atomic E-state index is 0.0884. The standard InChI is InChI=1S/C15H17N3O6.C10H21NO/c1-2-16-10-4-7(19)3-8(13(10)22)14(23)17-6-9-11(20)5-12(21)18-15(9)24;1-11(8-9-12-2)10-6-4-3-5-7-10/h3-5,16,19,22H,2,6H2,1H3,(H,17,23)(H3,18,20,21,24);10H,3-9H2,1-2H3. The molecule has 0 aliphatic heterocycles. The van der Waals surface area contributed by atoms with Crippen molar-refractivity contribution in [3.8, 4) is 23.1 Å². The molecule has 11 heteroatoms. The molecular weight excluding hydrogens is 468 g/mol. The molecule has 0 spiro atoms. The van der Waals surface area contributed by atoms with Crippen molar-refractivity contribution in [3.05, 3.63) is 39.7 Å². The Balaban J connectivity index is 0.000000319. The Labute approximate surface area is 210 Å². The van der Waals surface area contributed by atoms with Crippen LogP contribution in [0.25, 0.3) is 0 Å². The van der Waals surface area contributed by atoms with Crippen molar-refractivity contribution in [1.82, 2.24) is 15.2 Å². The van der Waals surface area contributed by atoms with E-state index in [0.717, 1.165) is 31.3 Å². The van der Waals surface area contributed by atoms with Crippen molar-refractivity contribution >= 4 is 11.6 Å². The monoisotopic (exact) mass is 506 g/mol. The molecule has 3 rings (SSSR count). The van der Waals surface area contributed by atoms with Crippen LogP contribution in [0, 0.1) is 0 Å². The largest absolute Gasteiger partial charge is 0.508 e. The maximum atomic E-state index is 12.2. The first-order chi connectivity index (χ1) is 17.2. The number of anilines is 1. The summed E-state index contributed by atoms with van der Waals surface area (Å²) >= 11 is 0. The summed E-state index contributed by atoms with van der Waals surface area (Å²) in [5.74, 6) is -2.36. The highest BCUT2D eigenvalue weighted by Crippen LogP contribution is 2.32. The molecule has 1 aliphatic rings. The molecule has 200 valence electrons. The lowest BCUT2D eigenvalue weighted by Gasteiger charge is -2.30. The molecule has 11 nitrogen and oxygen atoms in total. The Morgan fingerprint density at radius 3 is 2.44 bits per heavy atom. The lowest BCUT2D eigenvalue weighted by molar-refractivity contribution is 0.0947. The zero-order valence-electron chi connectivity index (χ0n) is 21.1. The van der Waals surface area contributed by atoms with E-state index in [0.29, 0.717) is 6.54 Å². The zero-order valence-corrected chi connectivity index (χ0v) is 21.1. The average Bonchev–Trinajstić information content (AvgIpc) is 2.84. The number of benzene rings is 1. The van der Waals surface area contributed by atoms with Crippen molar-refractivity contribution in [2.75, 3.05) is 39.2 Å². The fourth-order valence-corrected chi connectivity index (χ4v) is 4.06. The number of nitrogens with one attached hydrogen (secondary N) is 3. The van der Waals surface area contributed by atoms with Crippen LogP contribution in [-0.4, -0.2) is 76.1 Å². The number of aromatic hydroxyl groups is 4. The number of hydrogen-bond acceptors (Lipinski definition) is 9. The molecule has 1 saturated carbocycles. The van der Waals surface area contributed by atoms with Crippen LogP contribution >= 0.6 is 0 Å². The van der Waals surface area contributed by atoms with Crippen molar-refractivity contribution in [2.24, 2.45) is 0 Å². The number of rotatable bonds is 9. The number of carbonyl (C=O) groups excluding carboxylic acids is 1. The summed E-state index contributed by atoms with van der Waals surface area (Å²) in [4.78, 5) is 27.8. The van der Waals surface area contributed by atoms with Gasteiger partial charge in [-0.3, -0.25) is 14.6 Å². The number of ether oxygens (including phenoxy) is 1. The minimum atomic E-state index is -0.743. The van der Waals surface area contributed by atoms with Crippen molar-refractivity contribution in [1.29, 1.82) is 0 Å². The van der Waals surface area contributed by atoms with Gasteiger partial charge in [0.05, 0.1) is 30.0 Å². The van der Waals surface area contributed by atoms with Gasteiger partial charge >= 0.3 is 0 Å². The molecule has 0 atom stereocenters. The topological polar surface area (TPSA) is 167 Å². The van der Waals surface area contributed by atoms with Gasteiger partial charge in [0.1, 0.15) is 11.5 Å². The third-order valence-electron chi connectivity index (χ3n) is 6.08. The molecule has 36 heavy (non-hydrogen) atoms. The molecule has 1 aliphatic carbocycles. The molecule has 0 radical (unpaired) electrons. The lowest BCUT2D eigenvalue weighted by atomic mass is 9.94. The van der Waals surface area contributed by atoms with Gasteiger partial charge in [-0.15, -0.1) is 0 Å². The fourth-order valence-electron chi connectivity index (χ4n) is 4.06. The third kappa shape index (κ3) is 8.35. The quantitative estimate of drug-likeness (QED) is 0.200. The highest BCUT2D eigenvalue weighted by molar-refractivity contribution is 5.99. The molecule has 1 amide bonds. The van der Waals surface area contributed by atoms with Crippen molar-refractivity contribution in [2.45, 2.75) is 51.6 Å². The van der Waals surface area contributed by atoms with Crippen LogP contribution in [0.4, 0.5) is 5.69 Å². The average molecular weight is 507 g/mol. The molecule has 0 saturated heterocycles. The summed E-state index contributed by atoms with van der Waals surface area (Å²) in [6.45, 7) is 3.90. The summed E-state index contributed by atoms with van der Waals surface area (Å²) in [6, 6.07) is 4.04. The van der Waals surface area contributed by atoms with Gasteiger partial charge in [-0.1, -0.05) is 19.3 Å². The second kappa shape index (κ2) is 14.2. The van der Waals surface area contributed by atoms with Crippen LogP contribution in [-0.2, 0) is 11.3 Å². The second-order valence-corrected chi connectivity index (χ2v) is 8.71. The molecular formula is C25H38N4O7. The van der Waals surface area contributed by atoms with Gasteiger partial charge in [-0.2, -0.15) is 0 Å². The number of pyridine rings is 1. The Morgan fingerprint density at radius 1 is 1.14 bits per heavy atom. The highest BCUT2D eigenvalue weighted by atomic mass is 16.5. The van der Waals surface area contributed by atoms with E-state index in [1.54, 1.807) is 14.0 Å². The van der Waals surface area contributed by atoms with Gasteiger partial charge in [-0.05, 0) is 32.9 Å². The van der Waals surface area contributed by atoms with E-state index in [4.69, 9.17) is 4.74 Å². The number of nitrogens with zero attached hydrogens (tertiary/aromatic N) is 1. The molecule has 2 aromatic rings. The number of hydrogen-bond donors (Lipinski definition) is 7. The summed E-state index contributed by atoms with van der Waals surface area (Å²) in [5.41, 5.74) is -0.776. The summed E-state index contributed by atoms with van der Waals surface area (Å²) in [7, 11) is 3.99. The molecule has 7 N–H and O–H groups in total. The van der Waals surface area contributed by atoms with Crippen LogP contribution < -0.4 is 16.2 Å². The van der Waals surface area contributed by atoms with E-state index >= 15 is 0 Å². The van der Waals surface area contributed by atoms with E-state index in [1.165, 1.54) is 38.2 Å². The van der Waals surface area contributed by atoms with Crippen LogP contribution in [0.1, 0.15) is 54.9 Å². The lowest BCUT2D eigenvalue weighted by Crippen LogP contribution is -2.35. The van der Waals surface area contributed by atoms with E-state index in [1.807, 2.05) is 0 Å². The molecule has 0 bridgehead atoms. The van der Waals surface area contributed by atoms with Crippen LogP contribution in [0.15, 0.2) is 23.0 Å².